The quantitative estimate of drug-likeness (QED) is 0.662. The molecule has 1 aromatic carbocycles. The van der Waals surface area contributed by atoms with Crippen LogP contribution >= 0.6 is 24.0 Å². The number of nitriles is 1. The summed E-state index contributed by atoms with van der Waals surface area (Å²) < 4.78 is 0. The van der Waals surface area contributed by atoms with Crippen molar-refractivity contribution in [3.8, 4) is 6.07 Å². The summed E-state index contributed by atoms with van der Waals surface area (Å²) in [6.07, 6.45) is 9.02. The van der Waals surface area contributed by atoms with Gasteiger partial charge in [-0.15, -0.1) is 0 Å². The highest BCUT2D eigenvalue weighted by Crippen LogP contribution is 2.37. The molecule has 4 nitrogen and oxygen atoms in total. The Morgan fingerprint density at radius 2 is 2.22 bits per heavy atom. The molecule has 1 N–H and O–H groups in total. The van der Waals surface area contributed by atoms with Crippen molar-refractivity contribution >= 4 is 39.9 Å². The maximum absolute atomic E-state index is 9.13. The first-order chi connectivity index (χ1) is 13.2. The first-order valence-corrected chi connectivity index (χ1v) is 11.0. The minimum Gasteiger partial charge on any atom is -0.332 e. The first-order valence-electron chi connectivity index (χ1n) is 9.71. The molecule has 6 heteroatoms. The lowest BCUT2D eigenvalue weighted by Crippen LogP contribution is -2.43. The number of thioether (sulfide) groups is 1. The molecule has 2 unspecified atom stereocenters. The number of aliphatic imine (C=N–C) groups is 1. The molecule has 0 radical (unpaired) electrons. The van der Waals surface area contributed by atoms with Crippen molar-refractivity contribution in [2.24, 2.45) is 4.99 Å². The van der Waals surface area contributed by atoms with Crippen LogP contribution in [0.5, 0.6) is 0 Å². The number of amidine groups is 1. The lowest BCUT2D eigenvalue weighted by Gasteiger charge is -2.28. The van der Waals surface area contributed by atoms with E-state index in [1.54, 1.807) is 6.07 Å². The van der Waals surface area contributed by atoms with Crippen LogP contribution in [0.3, 0.4) is 0 Å². The number of hydrogen-bond acceptors (Lipinski definition) is 4. The Balaban J connectivity index is 1.86. The van der Waals surface area contributed by atoms with E-state index in [4.69, 9.17) is 22.5 Å². The predicted molar refractivity (Wildman–Crippen MR) is 119 cm³/mol. The third-order valence-electron chi connectivity index (χ3n) is 5.01. The zero-order valence-corrected chi connectivity index (χ0v) is 17.6. The summed E-state index contributed by atoms with van der Waals surface area (Å²) in [5.41, 5.74) is 2.66. The van der Waals surface area contributed by atoms with E-state index in [0.29, 0.717) is 22.0 Å². The molecule has 27 heavy (non-hydrogen) atoms. The number of rotatable bonds is 4. The van der Waals surface area contributed by atoms with Crippen molar-refractivity contribution in [1.29, 1.82) is 5.26 Å². The van der Waals surface area contributed by atoms with Gasteiger partial charge in [-0.2, -0.15) is 5.26 Å². The highest BCUT2D eigenvalue weighted by atomic mass is 32.2. The zero-order chi connectivity index (χ0) is 19.2. The van der Waals surface area contributed by atoms with Crippen LogP contribution < -0.4 is 5.32 Å². The van der Waals surface area contributed by atoms with Crippen LogP contribution in [0.1, 0.15) is 57.9 Å². The molecule has 2 aliphatic rings. The van der Waals surface area contributed by atoms with Gasteiger partial charge in [0, 0.05) is 16.6 Å². The summed E-state index contributed by atoms with van der Waals surface area (Å²) in [5.74, 6) is 0. The smallest absolute Gasteiger partial charge is 0.179 e. The summed E-state index contributed by atoms with van der Waals surface area (Å²) in [4.78, 5) is 7.19. The predicted octanol–water partition coefficient (Wildman–Crippen LogP) is 5.67. The molecule has 0 amide bonds. The summed E-state index contributed by atoms with van der Waals surface area (Å²) in [5, 5.41) is 14.6. The molecule has 1 fully saturated rings. The molecule has 1 heterocycles. The Kier molecular flexibility index (Phi) is 6.92. The SMILES string of the molecule is CCC1S/C(=N/C2=CCCCC2)N(C(=S)Nc2cccc(C#N)c2)C1CC. The van der Waals surface area contributed by atoms with E-state index in [2.05, 4.69) is 36.2 Å². The van der Waals surface area contributed by atoms with E-state index in [0.717, 1.165) is 36.5 Å². The highest BCUT2D eigenvalue weighted by molar-refractivity contribution is 8.14. The molecular formula is C21H26N4S2. The van der Waals surface area contributed by atoms with Crippen LogP contribution in [0.4, 0.5) is 5.69 Å². The number of nitrogens with one attached hydrogen (secondary N) is 1. The highest BCUT2D eigenvalue weighted by Gasteiger charge is 2.39. The van der Waals surface area contributed by atoms with E-state index in [-0.39, 0.29) is 0 Å². The molecule has 1 saturated heterocycles. The van der Waals surface area contributed by atoms with Crippen molar-refractivity contribution in [3.63, 3.8) is 0 Å². The van der Waals surface area contributed by atoms with Crippen LogP contribution in [0.15, 0.2) is 41.0 Å². The van der Waals surface area contributed by atoms with Gasteiger partial charge in [0.1, 0.15) is 0 Å². The van der Waals surface area contributed by atoms with E-state index in [9.17, 15) is 0 Å². The largest absolute Gasteiger partial charge is 0.332 e. The third-order valence-corrected chi connectivity index (χ3v) is 6.76. The van der Waals surface area contributed by atoms with Crippen LogP contribution in [0.25, 0.3) is 0 Å². The maximum Gasteiger partial charge on any atom is 0.179 e. The minimum absolute atomic E-state index is 0.335. The molecule has 142 valence electrons. The summed E-state index contributed by atoms with van der Waals surface area (Å²) in [7, 11) is 0. The number of allylic oxidation sites excluding steroid dienone is 2. The van der Waals surface area contributed by atoms with Gasteiger partial charge in [0.15, 0.2) is 10.3 Å². The van der Waals surface area contributed by atoms with Gasteiger partial charge in [0.05, 0.1) is 17.7 Å². The van der Waals surface area contributed by atoms with Crippen molar-refractivity contribution in [2.45, 2.75) is 63.7 Å². The number of nitrogens with zero attached hydrogens (tertiary/aromatic N) is 3. The number of anilines is 1. The molecule has 0 saturated carbocycles. The minimum atomic E-state index is 0.335. The number of hydrogen-bond donors (Lipinski definition) is 1. The Morgan fingerprint density at radius 1 is 1.37 bits per heavy atom. The van der Waals surface area contributed by atoms with Gasteiger partial charge in [-0.3, -0.25) is 4.90 Å². The molecule has 0 bridgehead atoms. The molecular weight excluding hydrogens is 372 g/mol. The number of benzene rings is 1. The Morgan fingerprint density at radius 3 is 2.89 bits per heavy atom. The number of thiocarbonyl (C=S) groups is 1. The molecule has 1 aliphatic carbocycles. The van der Waals surface area contributed by atoms with Crippen molar-refractivity contribution in [3.05, 3.63) is 41.6 Å². The lowest BCUT2D eigenvalue weighted by atomic mass is 10.1. The van der Waals surface area contributed by atoms with Gasteiger partial charge < -0.3 is 5.32 Å². The fraction of sp³-hybridized carbons (Fsp3) is 0.476. The van der Waals surface area contributed by atoms with Gasteiger partial charge >= 0.3 is 0 Å². The average Bonchev–Trinajstić information content (AvgIpc) is 3.06. The second-order valence-electron chi connectivity index (χ2n) is 6.87. The van der Waals surface area contributed by atoms with Crippen LogP contribution in [-0.2, 0) is 0 Å². The van der Waals surface area contributed by atoms with Crippen LogP contribution in [0.2, 0.25) is 0 Å². The summed E-state index contributed by atoms with van der Waals surface area (Å²) in [6, 6.07) is 9.95. The Labute approximate surface area is 171 Å². The van der Waals surface area contributed by atoms with Gasteiger partial charge in [0.25, 0.3) is 0 Å². The second-order valence-corrected chi connectivity index (χ2v) is 8.46. The topological polar surface area (TPSA) is 51.4 Å². The van der Waals surface area contributed by atoms with Crippen LogP contribution in [0, 0.1) is 11.3 Å². The fourth-order valence-corrected chi connectivity index (χ4v) is 5.41. The first kappa shape index (κ1) is 19.9. The molecule has 3 rings (SSSR count). The summed E-state index contributed by atoms with van der Waals surface area (Å²) in [6.45, 7) is 4.44. The second kappa shape index (κ2) is 9.38. The van der Waals surface area contributed by atoms with Crippen molar-refractivity contribution in [1.82, 2.24) is 4.90 Å². The van der Waals surface area contributed by atoms with Gasteiger partial charge in [0.2, 0.25) is 0 Å². The van der Waals surface area contributed by atoms with E-state index < -0.39 is 0 Å². The molecule has 0 spiro atoms. The van der Waals surface area contributed by atoms with E-state index in [1.165, 1.54) is 18.5 Å². The van der Waals surface area contributed by atoms with Gasteiger partial charge in [-0.25, -0.2) is 4.99 Å². The summed E-state index contributed by atoms with van der Waals surface area (Å²) >= 11 is 7.63. The van der Waals surface area contributed by atoms with E-state index in [1.807, 2.05) is 30.0 Å². The zero-order valence-electron chi connectivity index (χ0n) is 15.9. The average molecular weight is 399 g/mol. The van der Waals surface area contributed by atoms with E-state index >= 15 is 0 Å². The van der Waals surface area contributed by atoms with Gasteiger partial charge in [-0.05, 0) is 68.9 Å². The molecule has 0 aromatic heterocycles. The van der Waals surface area contributed by atoms with Crippen molar-refractivity contribution in [2.75, 3.05) is 5.32 Å². The lowest BCUT2D eigenvalue weighted by molar-refractivity contribution is 0.424. The standard InChI is InChI=1S/C21H26N4S2/c1-3-18-19(4-2)27-21(24-16-10-6-5-7-11-16)25(18)20(26)23-17-12-8-9-15(13-17)14-22/h8-10,12-13,18-19H,3-7,11H2,1-2H3,(H,23,26)/b24-21+. The van der Waals surface area contributed by atoms with Gasteiger partial charge in [-0.1, -0.05) is 37.8 Å². The Hall–Kier alpha value is -1.84. The van der Waals surface area contributed by atoms with Crippen LogP contribution in [-0.4, -0.2) is 26.5 Å². The Bertz CT molecular complexity index is 794. The fourth-order valence-electron chi connectivity index (χ4n) is 3.59. The maximum atomic E-state index is 9.13. The van der Waals surface area contributed by atoms with Crippen molar-refractivity contribution < 1.29 is 0 Å². The molecule has 1 aromatic rings. The monoisotopic (exact) mass is 398 g/mol. The molecule has 1 aliphatic heterocycles. The molecule has 2 atom stereocenters. The normalized spacial score (nSPS) is 23.8. The third kappa shape index (κ3) is 4.72.